The van der Waals surface area contributed by atoms with Gasteiger partial charge in [-0.3, -0.25) is 4.98 Å². The van der Waals surface area contributed by atoms with Gasteiger partial charge >= 0.3 is 0 Å². The Morgan fingerprint density at radius 1 is 1.38 bits per heavy atom. The average molecular weight is 178 g/mol. The monoisotopic (exact) mass is 178 g/mol. The number of hydrogen-bond donors (Lipinski definition) is 1. The van der Waals surface area contributed by atoms with E-state index >= 15 is 0 Å². The Kier molecular flexibility index (Phi) is 4.47. The first kappa shape index (κ1) is 10.2. The minimum atomic E-state index is 1.06. The molecule has 0 amide bonds. The van der Waals surface area contributed by atoms with Crippen molar-refractivity contribution in [1.29, 1.82) is 0 Å². The lowest BCUT2D eigenvalue weighted by Gasteiger charge is -2.05. The van der Waals surface area contributed by atoms with Gasteiger partial charge in [0.15, 0.2) is 0 Å². The molecule has 0 bridgehead atoms. The molecule has 0 radical (unpaired) electrons. The van der Waals surface area contributed by atoms with Crippen LogP contribution in [-0.2, 0) is 6.42 Å². The van der Waals surface area contributed by atoms with Gasteiger partial charge < -0.3 is 5.32 Å². The van der Waals surface area contributed by atoms with Gasteiger partial charge in [-0.1, -0.05) is 13.0 Å². The van der Waals surface area contributed by atoms with E-state index in [4.69, 9.17) is 0 Å². The Morgan fingerprint density at radius 2 is 2.23 bits per heavy atom. The van der Waals surface area contributed by atoms with Gasteiger partial charge in [0.2, 0.25) is 0 Å². The van der Waals surface area contributed by atoms with E-state index in [-0.39, 0.29) is 0 Å². The largest absolute Gasteiger partial charge is 0.316 e. The first-order valence-electron chi connectivity index (χ1n) is 4.95. The summed E-state index contributed by atoms with van der Waals surface area (Å²) in [7, 11) is 0. The first-order valence-corrected chi connectivity index (χ1v) is 4.95. The van der Waals surface area contributed by atoms with Crippen LogP contribution in [0.5, 0.6) is 0 Å². The van der Waals surface area contributed by atoms with Gasteiger partial charge in [0, 0.05) is 11.9 Å². The van der Waals surface area contributed by atoms with Crippen LogP contribution in [0, 0.1) is 6.92 Å². The number of nitrogens with zero attached hydrogens (tertiary/aromatic N) is 1. The predicted molar refractivity (Wildman–Crippen MR) is 55.8 cm³/mol. The maximum Gasteiger partial charge on any atom is 0.0405 e. The van der Waals surface area contributed by atoms with Crippen molar-refractivity contribution in [2.45, 2.75) is 26.7 Å². The number of aryl methyl sites for hydroxylation is 1. The van der Waals surface area contributed by atoms with Gasteiger partial charge in [0.05, 0.1) is 0 Å². The maximum absolute atomic E-state index is 4.25. The molecule has 1 aromatic heterocycles. The van der Waals surface area contributed by atoms with Crippen molar-refractivity contribution in [2.24, 2.45) is 0 Å². The minimum absolute atomic E-state index is 1.06. The third kappa shape index (κ3) is 3.55. The van der Waals surface area contributed by atoms with E-state index in [1.807, 2.05) is 12.3 Å². The van der Waals surface area contributed by atoms with Crippen molar-refractivity contribution < 1.29 is 0 Å². The highest BCUT2D eigenvalue weighted by Crippen LogP contribution is 2.03. The summed E-state index contributed by atoms with van der Waals surface area (Å²) >= 11 is 0. The molecule has 0 spiro atoms. The molecule has 2 nitrogen and oxygen atoms in total. The van der Waals surface area contributed by atoms with Crippen LogP contribution in [0.25, 0.3) is 0 Å². The number of aromatic nitrogens is 1. The molecular formula is C11H18N2. The van der Waals surface area contributed by atoms with E-state index in [0.29, 0.717) is 0 Å². The van der Waals surface area contributed by atoms with Crippen molar-refractivity contribution in [2.75, 3.05) is 13.1 Å². The lowest BCUT2D eigenvalue weighted by molar-refractivity contribution is 0.669. The summed E-state index contributed by atoms with van der Waals surface area (Å²) in [6.45, 7) is 6.41. The van der Waals surface area contributed by atoms with Gasteiger partial charge in [-0.25, -0.2) is 0 Å². The predicted octanol–water partition coefficient (Wildman–Crippen LogP) is 1.93. The first-order chi connectivity index (χ1) is 6.34. The molecule has 2 heteroatoms. The molecular weight excluding hydrogens is 160 g/mol. The highest BCUT2D eigenvalue weighted by Gasteiger charge is 1.96. The third-order valence-electron chi connectivity index (χ3n) is 2.11. The summed E-state index contributed by atoms with van der Waals surface area (Å²) in [4.78, 5) is 4.25. The maximum atomic E-state index is 4.25. The van der Waals surface area contributed by atoms with E-state index < -0.39 is 0 Å². The van der Waals surface area contributed by atoms with E-state index in [1.165, 1.54) is 12.0 Å². The summed E-state index contributed by atoms with van der Waals surface area (Å²) in [6.07, 6.45) is 4.13. The fraction of sp³-hybridized carbons (Fsp3) is 0.545. The molecule has 0 aliphatic heterocycles. The van der Waals surface area contributed by atoms with Crippen LogP contribution in [0.4, 0.5) is 0 Å². The van der Waals surface area contributed by atoms with Crippen molar-refractivity contribution >= 4 is 0 Å². The quantitative estimate of drug-likeness (QED) is 0.697. The smallest absolute Gasteiger partial charge is 0.0405 e. The third-order valence-corrected chi connectivity index (χ3v) is 2.11. The molecule has 1 rings (SSSR count). The van der Waals surface area contributed by atoms with E-state index in [2.05, 4.69) is 30.2 Å². The van der Waals surface area contributed by atoms with E-state index in [1.54, 1.807) is 0 Å². The van der Waals surface area contributed by atoms with Crippen molar-refractivity contribution in [1.82, 2.24) is 10.3 Å². The standard InChI is InChI=1S/C11H18N2/c1-3-7-12-9-6-11-5-4-8-13-10(11)2/h4-5,8,12H,3,6-7,9H2,1-2H3. The summed E-state index contributed by atoms with van der Waals surface area (Å²) in [5, 5.41) is 3.38. The lowest BCUT2D eigenvalue weighted by Crippen LogP contribution is -2.18. The van der Waals surface area contributed by atoms with Crippen molar-refractivity contribution in [3.63, 3.8) is 0 Å². The Hall–Kier alpha value is -0.890. The number of pyridine rings is 1. The molecule has 0 saturated heterocycles. The van der Waals surface area contributed by atoms with E-state index in [9.17, 15) is 0 Å². The molecule has 0 fully saturated rings. The SMILES string of the molecule is CCCNCCc1cccnc1C. The molecule has 72 valence electrons. The highest BCUT2D eigenvalue weighted by molar-refractivity contribution is 5.18. The molecule has 0 aliphatic carbocycles. The summed E-state index contributed by atoms with van der Waals surface area (Å²) in [5.74, 6) is 0. The molecule has 0 saturated carbocycles. The number of hydrogen-bond acceptors (Lipinski definition) is 2. The minimum Gasteiger partial charge on any atom is -0.316 e. The molecule has 13 heavy (non-hydrogen) atoms. The van der Waals surface area contributed by atoms with Gasteiger partial charge in [-0.15, -0.1) is 0 Å². The van der Waals surface area contributed by atoms with E-state index in [0.717, 1.165) is 25.2 Å². The Bertz CT molecular complexity index is 246. The fourth-order valence-electron chi connectivity index (χ4n) is 1.31. The van der Waals surface area contributed by atoms with Crippen molar-refractivity contribution in [3.05, 3.63) is 29.6 Å². The molecule has 0 aliphatic rings. The second-order valence-corrected chi connectivity index (χ2v) is 3.25. The van der Waals surface area contributed by atoms with Crippen LogP contribution in [-0.4, -0.2) is 18.1 Å². The second kappa shape index (κ2) is 5.70. The molecule has 1 N–H and O–H groups in total. The normalized spacial score (nSPS) is 10.3. The van der Waals surface area contributed by atoms with Gasteiger partial charge in [-0.05, 0) is 44.5 Å². The molecule has 1 heterocycles. The Morgan fingerprint density at radius 3 is 2.92 bits per heavy atom. The lowest BCUT2D eigenvalue weighted by atomic mass is 10.1. The second-order valence-electron chi connectivity index (χ2n) is 3.25. The Labute approximate surface area is 80.4 Å². The van der Waals surface area contributed by atoms with Crippen LogP contribution in [0.3, 0.4) is 0 Å². The zero-order valence-corrected chi connectivity index (χ0v) is 8.51. The molecule has 0 unspecified atom stereocenters. The van der Waals surface area contributed by atoms with Crippen molar-refractivity contribution in [3.8, 4) is 0 Å². The van der Waals surface area contributed by atoms with Gasteiger partial charge in [-0.2, -0.15) is 0 Å². The molecule has 1 aromatic rings. The van der Waals surface area contributed by atoms with Crippen LogP contribution in [0.15, 0.2) is 18.3 Å². The van der Waals surface area contributed by atoms with Crippen LogP contribution in [0.1, 0.15) is 24.6 Å². The Balaban J connectivity index is 2.32. The van der Waals surface area contributed by atoms with Crippen LogP contribution >= 0.6 is 0 Å². The summed E-state index contributed by atoms with van der Waals surface area (Å²) in [5.41, 5.74) is 2.51. The topological polar surface area (TPSA) is 24.9 Å². The van der Waals surface area contributed by atoms with Crippen LogP contribution in [0.2, 0.25) is 0 Å². The average Bonchev–Trinajstić information content (AvgIpc) is 2.15. The number of nitrogens with one attached hydrogen (secondary N) is 1. The van der Waals surface area contributed by atoms with Gasteiger partial charge in [0.1, 0.15) is 0 Å². The zero-order chi connectivity index (χ0) is 9.52. The fourth-order valence-corrected chi connectivity index (χ4v) is 1.31. The molecule has 0 aromatic carbocycles. The highest BCUT2D eigenvalue weighted by atomic mass is 14.8. The zero-order valence-electron chi connectivity index (χ0n) is 8.51. The summed E-state index contributed by atoms with van der Waals surface area (Å²) in [6, 6.07) is 4.15. The van der Waals surface area contributed by atoms with Crippen LogP contribution < -0.4 is 5.32 Å². The van der Waals surface area contributed by atoms with Gasteiger partial charge in [0.25, 0.3) is 0 Å². The molecule has 0 atom stereocenters. The summed E-state index contributed by atoms with van der Waals surface area (Å²) < 4.78 is 0. The number of rotatable bonds is 5.